The van der Waals surface area contributed by atoms with Gasteiger partial charge in [0.1, 0.15) is 5.71 Å². The van der Waals surface area contributed by atoms with E-state index in [2.05, 4.69) is 20.6 Å². The van der Waals surface area contributed by atoms with Crippen LogP contribution in [0, 0.1) is 25.2 Å². The van der Waals surface area contributed by atoms with Crippen molar-refractivity contribution in [1.82, 2.24) is 10.3 Å². The molecule has 2 aromatic rings. The molecule has 0 bridgehead atoms. The lowest BCUT2D eigenvalue weighted by Gasteiger charge is -2.18. The number of hydrogen-bond acceptors (Lipinski definition) is 5. The molecule has 168 valence electrons. The van der Waals surface area contributed by atoms with Crippen molar-refractivity contribution in [2.75, 3.05) is 5.32 Å². The zero-order valence-electron chi connectivity index (χ0n) is 18.8. The van der Waals surface area contributed by atoms with Crippen LogP contribution in [0.4, 0.5) is 11.5 Å². The first-order valence-corrected chi connectivity index (χ1v) is 11.0. The summed E-state index contributed by atoms with van der Waals surface area (Å²) in [6, 6.07) is 7.06. The number of hydrogen-bond donors (Lipinski definition) is 3. The lowest BCUT2D eigenvalue weighted by atomic mass is 10.0. The SMILES string of the molecule is CC(=N)CC(=Nc1ncccc1Cl)C(=O)Nc1c(C)cc(C)cc1C(=O)NC(C)C1CC1. The van der Waals surface area contributed by atoms with Gasteiger partial charge in [0.05, 0.1) is 16.3 Å². The predicted molar refractivity (Wildman–Crippen MR) is 129 cm³/mol. The van der Waals surface area contributed by atoms with Crippen LogP contribution in [0.2, 0.25) is 5.02 Å². The molecule has 1 unspecified atom stereocenters. The van der Waals surface area contributed by atoms with Crippen molar-refractivity contribution >= 4 is 46.3 Å². The Labute approximate surface area is 193 Å². The van der Waals surface area contributed by atoms with E-state index in [1.807, 2.05) is 26.8 Å². The highest BCUT2D eigenvalue weighted by Crippen LogP contribution is 2.33. The monoisotopic (exact) mass is 453 g/mol. The third-order valence-electron chi connectivity index (χ3n) is 5.33. The molecule has 8 heteroatoms. The molecule has 1 aromatic heterocycles. The highest BCUT2D eigenvalue weighted by Gasteiger charge is 2.30. The molecule has 1 aliphatic carbocycles. The molecule has 0 radical (unpaired) electrons. The van der Waals surface area contributed by atoms with E-state index in [0.717, 1.165) is 24.0 Å². The molecule has 0 saturated heterocycles. The summed E-state index contributed by atoms with van der Waals surface area (Å²) in [5, 5.41) is 14.1. The van der Waals surface area contributed by atoms with E-state index in [4.69, 9.17) is 17.0 Å². The lowest BCUT2D eigenvalue weighted by Crippen LogP contribution is -2.35. The number of benzene rings is 1. The van der Waals surface area contributed by atoms with Crippen LogP contribution in [-0.4, -0.2) is 34.3 Å². The third kappa shape index (κ3) is 6.01. The summed E-state index contributed by atoms with van der Waals surface area (Å²) in [6.07, 6.45) is 3.81. The Bertz CT molecular complexity index is 1090. The van der Waals surface area contributed by atoms with Gasteiger partial charge >= 0.3 is 0 Å². The van der Waals surface area contributed by atoms with Gasteiger partial charge in [-0.1, -0.05) is 17.7 Å². The Kier molecular flexibility index (Phi) is 7.40. The second-order valence-electron chi connectivity index (χ2n) is 8.38. The first kappa shape index (κ1) is 23.6. The van der Waals surface area contributed by atoms with Crippen LogP contribution < -0.4 is 10.6 Å². The van der Waals surface area contributed by atoms with Crippen LogP contribution >= 0.6 is 11.6 Å². The second-order valence-corrected chi connectivity index (χ2v) is 8.79. The molecule has 2 amide bonds. The van der Waals surface area contributed by atoms with Crippen LogP contribution in [0.1, 0.15) is 54.6 Å². The van der Waals surface area contributed by atoms with E-state index >= 15 is 0 Å². The van der Waals surface area contributed by atoms with Crippen molar-refractivity contribution in [2.45, 2.75) is 53.0 Å². The minimum absolute atomic E-state index is 0.0316. The molecular formula is C24H28ClN5O2. The molecule has 1 heterocycles. The van der Waals surface area contributed by atoms with E-state index < -0.39 is 5.91 Å². The molecule has 3 rings (SSSR count). The summed E-state index contributed by atoms with van der Waals surface area (Å²) >= 11 is 6.15. The number of aromatic nitrogens is 1. The molecule has 1 saturated carbocycles. The van der Waals surface area contributed by atoms with Gasteiger partial charge in [0.2, 0.25) is 0 Å². The Morgan fingerprint density at radius 2 is 2.03 bits per heavy atom. The fraction of sp³-hybridized carbons (Fsp3) is 0.375. The number of amides is 2. The van der Waals surface area contributed by atoms with Gasteiger partial charge < -0.3 is 16.0 Å². The maximum Gasteiger partial charge on any atom is 0.270 e. The molecule has 0 spiro atoms. The van der Waals surface area contributed by atoms with Gasteiger partial charge in [0.15, 0.2) is 5.82 Å². The smallest absolute Gasteiger partial charge is 0.270 e. The number of halogens is 1. The molecule has 1 aromatic carbocycles. The van der Waals surface area contributed by atoms with Crippen molar-refractivity contribution < 1.29 is 9.59 Å². The number of aliphatic imine (C=N–C) groups is 1. The number of nitrogens with one attached hydrogen (secondary N) is 3. The summed E-state index contributed by atoms with van der Waals surface area (Å²) in [4.78, 5) is 34.6. The molecule has 1 aliphatic rings. The summed E-state index contributed by atoms with van der Waals surface area (Å²) in [7, 11) is 0. The number of pyridine rings is 1. The molecule has 1 atom stereocenters. The Morgan fingerprint density at radius 3 is 2.66 bits per heavy atom. The van der Waals surface area contributed by atoms with Crippen molar-refractivity contribution in [1.29, 1.82) is 5.41 Å². The predicted octanol–water partition coefficient (Wildman–Crippen LogP) is 5.02. The van der Waals surface area contributed by atoms with Crippen LogP contribution in [0.5, 0.6) is 0 Å². The Hall–Kier alpha value is -3.06. The Morgan fingerprint density at radius 1 is 1.31 bits per heavy atom. The zero-order valence-corrected chi connectivity index (χ0v) is 19.5. The maximum absolute atomic E-state index is 13.2. The zero-order chi connectivity index (χ0) is 23.4. The van der Waals surface area contributed by atoms with Gasteiger partial charge in [-0.2, -0.15) is 0 Å². The standard InChI is InChI=1S/C24H28ClN5O2/c1-13-10-14(2)21(18(11-13)23(31)28-16(4)17-7-8-17)30-24(32)20(12-15(3)26)29-22-19(25)6-5-9-27-22/h5-6,9-11,16-17,26H,7-8,12H2,1-4H3,(H,28,31)(H,30,32). The highest BCUT2D eigenvalue weighted by atomic mass is 35.5. The number of nitrogens with zero attached hydrogens (tertiary/aromatic N) is 2. The lowest BCUT2D eigenvalue weighted by molar-refractivity contribution is -0.110. The summed E-state index contributed by atoms with van der Waals surface area (Å²) in [6.45, 7) is 7.36. The van der Waals surface area contributed by atoms with Crippen LogP contribution in [0.3, 0.4) is 0 Å². The molecule has 32 heavy (non-hydrogen) atoms. The maximum atomic E-state index is 13.2. The van der Waals surface area contributed by atoms with E-state index in [1.54, 1.807) is 25.1 Å². The second kappa shape index (κ2) is 10.0. The van der Waals surface area contributed by atoms with Gasteiger partial charge in [-0.15, -0.1) is 0 Å². The minimum atomic E-state index is -0.505. The van der Waals surface area contributed by atoms with Gasteiger partial charge in [-0.25, -0.2) is 9.98 Å². The highest BCUT2D eigenvalue weighted by molar-refractivity contribution is 6.46. The fourth-order valence-corrected chi connectivity index (χ4v) is 3.67. The number of rotatable bonds is 8. The topological polar surface area (TPSA) is 107 Å². The molecule has 3 N–H and O–H groups in total. The molecule has 7 nitrogen and oxygen atoms in total. The average molecular weight is 454 g/mol. The van der Waals surface area contributed by atoms with Crippen LogP contribution in [0.25, 0.3) is 0 Å². The Balaban J connectivity index is 1.92. The van der Waals surface area contributed by atoms with Crippen molar-refractivity contribution in [3.05, 3.63) is 52.2 Å². The number of aryl methyl sites for hydroxylation is 2. The largest absolute Gasteiger partial charge is 0.349 e. The fourth-order valence-electron chi connectivity index (χ4n) is 3.51. The number of carbonyl (C=O) groups excluding carboxylic acids is 2. The minimum Gasteiger partial charge on any atom is -0.349 e. The third-order valence-corrected chi connectivity index (χ3v) is 5.62. The number of carbonyl (C=O) groups is 2. The van der Waals surface area contributed by atoms with Crippen molar-refractivity contribution in [3.63, 3.8) is 0 Å². The van der Waals surface area contributed by atoms with E-state index in [1.165, 1.54) is 6.20 Å². The van der Waals surface area contributed by atoms with Crippen LogP contribution in [0.15, 0.2) is 35.5 Å². The molecular weight excluding hydrogens is 426 g/mol. The summed E-state index contributed by atoms with van der Waals surface area (Å²) in [5.74, 6) is -0.00621. The molecule has 0 aliphatic heterocycles. The van der Waals surface area contributed by atoms with E-state index in [-0.39, 0.29) is 35.6 Å². The number of anilines is 1. The quantitative estimate of drug-likeness (QED) is 0.488. The van der Waals surface area contributed by atoms with Crippen LogP contribution in [-0.2, 0) is 4.79 Å². The van der Waals surface area contributed by atoms with Gasteiger partial charge in [0, 0.05) is 24.4 Å². The summed E-state index contributed by atoms with van der Waals surface area (Å²) in [5.41, 5.74) is 2.89. The van der Waals surface area contributed by atoms with Gasteiger partial charge in [-0.05, 0) is 75.8 Å². The van der Waals surface area contributed by atoms with Crippen molar-refractivity contribution in [3.8, 4) is 0 Å². The van der Waals surface area contributed by atoms with Gasteiger partial charge in [-0.3, -0.25) is 9.59 Å². The first-order chi connectivity index (χ1) is 15.2. The van der Waals surface area contributed by atoms with E-state index in [0.29, 0.717) is 22.2 Å². The van der Waals surface area contributed by atoms with Crippen molar-refractivity contribution in [2.24, 2.45) is 10.9 Å². The molecule has 1 fully saturated rings. The van der Waals surface area contributed by atoms with Gasteiger partial charge in [0.25, 0.3) is 11.8 Å². The van der Waals surface area contributed by atoms with E-state index in [9.17, 15) is 9.59 Å². The first-order valence-electron chi connectivity index (χ1n) is 10.6. The normalized spacial score (nSPS) is 14.6. The summed E-state index contributed by atoms with van der Waals surface area (Å²) < 4.78 is 0. The average Bonchev–Trinajstić information content (AvgIpc) is 3.55.